The summed E-state index contributed by atoms with van der Waals surface area (Å²) in [5, 5.41) is 4.26. The van der Waals surface area contributed by atoms with Crippen LogP contribution in [-0.4, -0.2) is 14.8 Å². The third-order valence-corrected chi connectivity index (χ3v) is 2.25. The molecule has 0 saturated heterocycles. The maximum absolute atomic E-state index is 5.86. The number of anilines is 1. The molecule has 2 heterocycles. The normalized spacial score (nSPS) is 10.5. The Labute approximate surface area is 88.8 Å². The van der Waals surface area contributed by atoms with Crippen LogP contribution in [0.15, 0.2) is 30.9 Å². The van der Waals surface area contributed by atoms with Crippen molar-refractivity contribution in [2.45, 2.75) is 19.9 Å². The van der Waals surface area contributed by atoms with Gasteiger partial charge in [-0.15, -0.1) is 0 Å². The fourth-order valence-electron chi connectivity index (χ4n) is 1.50. The van der Waals surface area contributed by atoms with Crippen molar-refractivity contribution in [3.05, 3.63) is 30.9 Å². The maximum atomic E-state index is 5.86. The lowest BCUT2D eigenvalue weighted by atomic mass is 10.1. The molecule has 0 spiro atoms. The van der Waals surface area contributed by atoms with Crippen LogP contribution in [0.1, 0.15) is 13.3 Å². The lowest BCUT2D eigenvalue weighted by Gasteiger charge is -2.00. The summed E-state index contributed by atoms with van der Waals surface area (Å²) in [7, 11) is 0. The molecule has 15 heavy (non-hydrogen) atoms. The number of nitrogen functional groups attached to an aromatic ring is 1. The molecule has 0 aliphatic carbocycles. The molecular formula is C11H14N4. The first-order valence-electron chi connectivity index (χ1n) is 5.03. The Kier molecular flexibility index (Phi) is 2.67. The van der Waals surface area contributed by atoms with Gasteiger partial charge in [0.15, 0.2) is 0 Å². The first-order valence-corrected chi connectivity index (χ1v) is 5.03. The summed E-state index contributed by atoms with van der Waals surface area (Å²) in [6, 6.07) is 1.80. The molecule has 2 aromatic heterocycles. The smallest absolute Gasteiger partial charge is 0.0569 e. The highest BCUT2D eigenvalue weighted by Gasteiger charge is 2.04. The van der Waals surface area contributed by atoms with Crippen molar-refractivity contribution in [3.8, 4) is 11.1 Å². The van der Waals surface area contributed by atoms with Gasteiger partial charge in [0.05, 0.1) is 6.20 Å². The van der Waals surface area contributed by atoms with Gasteiger partial charge in [0.2, 0.25) is 0 Å². The average Bonchev–Trinajstić information content (AvgIpc) is 2.68. The summed E-state index contributed by atoms with van der Waals surface area (Å²) < 4.78 is 1.92. The summed E-state index contributed by atoms with van der Waals surface area (Å²) in [5.41, 5.74) is 8.56. The number of hydrogen-bond donors (Lipinski definition) is 1. The predicted molar refractivity (Wildman–Crippen MR) is 60.2 cm³/mol. The van der Waals surface area contributed by atoms with Gasteiger partial charge in [-0.3, -0.25) is 9.67 Å². The zero-order chi connectivity index (χ0) is 10.7. The third-order valence-electron chi connectivity index (χ3n) is 2.25. The van der Waals surface area contributed by atoms with Crippen LogP contribution in [0.4, 0.5) is 5.69 Å². The molecular weight excluding hydrogens is 188 g/mol. The Morgan fingerprint density at radius 1 is 1.40 bits per heavy atom. The van der Waals surface area contributed by atoms with Gasteiger partial charge in [-0.25, -0.2) is 0 Å². The van der Waals surface area contributed by atoms with Gasteiger partial charge in [-0.2, -0.15) is 5.10 Å². The van der Waals surface area contributed by atoms with E-state index in [0.717, 1.165) is 29.8 Å². The molecule has 2 rings (SSSR count). The van der Waals surface area contributed by atoms with Crippen LogP contribution in [0.25, 0.3) is 11.1 Å². The van der Waals surface area contributed by atoms with E-state index in [1.54, 1.807) is 18.5 Å². The van der Waals surface area contributed by atoms with Crippen molar-refractivity contribution in [1.82, 2.24) is 14.8 Å². The van der Waals surface area contributed by atoms with Crippen LogP contribution >= 0.6 is 0 Å². The first-order chi connectivity index (χ1) is 7.31. The highest BCUT2D eigenvalue weighted by Crippen LogP contribution is 2.23. The first kappa shape index (κ1) is 9.71. The van der Waals surface area contributed by atoms with Crippen molar-refractivity contribution in [1.29, 1.82) is 0 Å². The van der Waals surface area contributed by atoms with Crippen LogP contribution in [0.3, 0.4) is 0 Å². The Balaban J connectivity index is 2.33. The Hall–Kier alpha value is -1.84. The largest absolute Gasteiger partial charge is 0.398 e. The van der Waals surface area contributed by atoms with Crippen molar-refractivity contribution >= 4 is 5.69 Å². The maximum Gasteiger partial charge on any atom is 0.0569 e. The number of rotatable bonds is 3. The molecule has 0 aliphatic rings. The van der Waals surface area contributed by atoms with E-state index in [1.165, 1.54) is 0 Å². The second kappa shape index (κ2) is 4.13. The van der Waals surface area contributed by atoms with E-state index in [4.69, 9.17) is 5.73 Å². The van der Waals surface area contributed by atoms with E-state index >= 15 is 0 Å². The second-order valence-electron chi connectivity index (χ2n) is 3.46. The molecule has 2 N–H and O–H groups in total. The summed E-state index contributed by atoms with van der Waals surface area (Å²) in [6.07, 6.45) is 8.35. The molecule has 0 amide bonds. The third kappa shape index (κ3) is 1.98. The lowest BCUT2D eigenvalue weighted by molar-refractivity contribution is 0.603. The minimum absolute atomic E-state index is 0.737. The molecule has 0 radical (unpaired) electrons. The van der Waals surface area contributed by atoms with Crippen LogP contribution in [0, 0.1) is 0 Å². The van der Waals surface area contributed by atoms with Gasteiger partial charge in [0.25, 0.3) is 0 Å². The minimum atomic E-state index is 0.737. The molecule has 4 heteroatoms. The van der Waals surface area contributed by atoms with E-state index < -0.39 is 0 Å². The van der Waals surface area contributed by atoms with E-state index in [2.05, 4.69) is 17.0 Å². The highest BCUT2D eigenvalue weighted by atomic mass is 15.3. The van der Waals surface area contributed by atoms with Gasteiger partial charge in [0, 0.05) is 41.9 Å². The molecule has 0 atom stereocenters. The van der Waals surface area contributed by atoms with Crippen LogP contribution in [-0.2, 0) is 6.54 Å². The van der Waals surface area contributed by atoms with Gasteiger partial charge < -0.3 is 5.73 Å². The summed E-state index contributed by atoms with van der Waals surface area (Å²) in [6.45, 7) is 3.06. The number of aromatic nitrogens is 3. The molecule has 0 unspecified atom stereocenters. The van der Waals surface area contributed by atoms with Crippen LogP contribution < -0.4 is 5.73 Å². The minimum Gasteiger partial charge on any atom is -0.398 e. The van der Waals surface area contributed by atoms with Crippen molar-refractivity contribution in [2.24, 2.45) is 0 Å². The summed E-state index contributed by atoms with van der Waals surface area (Å²) in [4.78, 5) is 4.06. The number of nitrogens with two attached hydrogens (primary N) is 1. The lowest BCUT2D eigenvalue weighted by Crippen LogP contribution is -1.95. The Morgan fingerprint density at radius 2 is 2.27 bits per heavy atom. The SMILES string of the molecule is CCCn1cc(-c2cnccc2N)cn1. The summed E-state index contributed by atoms with van der Waals surface area (Å²) in [5.74, 6) is 0. The van der Waals surface area contributed by atoms with Gasteiger partial charge in [-0.05, 0) is 12.5 Å². The number of aryl methyl sites for hydroxylation is 1. The van der Waals surface area contributed by atoms with E-state index in [-0.39, 0.29) is 0 Å². The average molecular weight is 202 g/mol. The number of hydrogen-bond acceptors (Lipinski definition) is 3. The molecule has 0 saturated carbocycles. The fraction of sp³-hybridized carbons (Fsp3) is 0.273. The molecule has 0 aliphatic heterocycles. The van der Waals surface area contributed by atoms with E-state index in [9.17, 15) is 0 Å². The van der Waals surface area contributed by atoms with Crippen molar-refractivity contribution in [3.63, 3.8) is 0 Å². The van der Waals surface area contributed by atoms with E-state index in [0.29, 0.717) is 0 Å². The second-order valence-corrected chi connectivity index (χ2v) is 3.46. The molecule has 0 fully saturated rings. The number of pyridine rings is 1. The van der Waals surface area contributed by atoms with Gasteiger partial charge >= 0.3 is 0 Å². The molecule has 78 valence electrons. The van der Waals surface area contributed by atoms with Crippen LogP contribution in [0.2, 0.25) is 0 Å². The predicted octanol–water partition coefficient (Wildman–Crippen LogP) is 1.94. The molecule has 4 nitrogen and oxygen atoms in total. The zero-order valence-electron chi connectivity index (χ0n) is 8.72. The molecule has 2 aromatic rings. The summed E-state index contributed by atoms with van der Waals surface area (Å²) >= 11 is 0. The molecule has 0 aromatic carbocycles. The number of nitrogens with zero attached hydrogens (tertiary/aromatic N) is 3. The Bertz CT molecular complexity index is 447. The van der Waals surface area contributed by atoms with Crippen molar-refractivity contribution < 1.29 is 0 Å². The Morgan fingerprint density at radius 3 is 3.00 bits per heavy atom. The topological polar surface area (TPSA) is 56.7 Å². The standard InChI is InChI=1S/C11H14N4/c1-2-5-15-8-9(6-14-15)10-7-13-4-3-11(10)12/h3-4,6-8H,2,5H2,1H3,(H2,12,13). The fourth-order valence-corrected chi connectivity index (χ4v) is 1.50. The zero-order valence-corrected chi connectivity index (χ0v) is 8.72. The van der Waals surface area contributed by atoms with Gasteiger partial charge in [-0.1, -0.05) is 6.92 Å². The van der Waals surface area contributed by atoms with Crippen molar-refractivity contribution in [2.75, 3.05) is 5.73 Å². The molecule has 0 bridgehead atoms. The van der Waals surface area contributed by atoms with Gasteiger partial charge in [0.1, 0.15) is 0 Å². The monoisotopic (exact) mass is 202 g/mol. The van der Waals surface area contributed by atoms with Crippen LogP contribution in [0.5, 0.6) is 0 Å². The highest BCUT2D eigenvalue weighted by molar-refractivity contribution is 5.74. The van der Waals surface area contributed by atoms with E-state index in [1.807, 2.05) is 17.1 Å². The quantitative estimate of drug-likeness (QED) is 0.827.